The zero-order valence-corrected chi connectivity index (χ0v) is 13.6. The first kappa shape index (κ1) is 14.7. The van der Waals surface area contributed by atoms with Gasteiger partial charge in [0.25, 0.3) is 0 Å². The van der Waals surface area contributed by atoms with E-state index in [1.54, 1.807) is 10.6 Å². The number of nitrogens with two attached hydrogens (primary N) is 1. The van der Waals surface area contributed by atoms with E-state index in [-0.39, 0.29) is 11.8 Å². The summed E-state index contributed by atoms with van der Waals surface area (Å²) in [6.45, 7) is 0.368. The summed E-state index contributed by atoms with van der Waals surface area (Å²) in [5, 5.41) is 8.15. The van der Waals surface area contributed by atoms with E-state index in [0.717, 1.165) is 11.1 Å². The Bertz CT molecular complexity index is 1180. The van der Waals surface area contributed by atoms with Crippen molar-refractivity contribution < 1.29 is 4.39 Å². The molecule has 3 heterocycles. The van der Waals surface area contributed by atoms with Gasteiger partial charge in [0.2, 0.25) is 5.95 Å². The summed E-state index contributed by atoms with van der Waals surface area (Å²) in [7, 11) is 0. The summed E-state index contributed by atoms with van der Waals surface area (Å²) in [6, 6.07) is 13.0. The second-order valence-corrected chi connectivity index (χ2v) is 6.08. The highest BCUT2D eigenvalue weighted by molar-refractivity contribution is 5.94. The number of rotatable bonds is 2. The average Bonchev–Trinajstić information content (AvgIpc) is 3.32. The molecule has 2 aromatic carbocycles. The maximum atomic E-state index is 14.6. The number of halogens is 1. The number of nitrogens with zero attached hydrogens (tertiary/aromatic N) is 5. The molecule has 0 saturated heterocycles. The van der Waals surface area contributed by atoms with Gasteiger partial charge < -0.3 is 5.73 Å². The smallest absolute Gasteiger partial charge is 0.207 e. The van der Waals surface area contributed by atoms with Crippen LogP contribution in [-0.2, 0) is 6.54 Å². The summed E-state index contributed by atoms with van der Waals surface area (Å²) < 4.78 is 16.2. The fourth-order valence-electron chi connectivity index (χ4n) is 3.29. The molecule has 5 rings (SSSR count). The summed E-state index contributed by atoms with van der Waals surface area (Å²) >= 11 is 0. The SMILES string of the molecule is Nc1nc(-c2ccccc2)c(-c2cc(F)c3c(c2)C=NC3)c2nncn12. The van der Waals surface area contributed by atoms with Crippen molar-refractivity contribution in [2.45, 2.75) is 6.54 Å². The third-order valence-electron chi connectivity index (χ3n) is 4.53. The van der Waals surface area contributed by atoms with Crippen LogP contribution in [0.15, 0.2) is 53.8 Å². The van der Waals surface area contributed by atoms with E-state index in [9.17, 15) is 4.39 Å². The Morgan fingerprint density at radius 3 is 2.77 bits per heavy atom. The molecule has 1 aliphatic rings. The molecule has 0 unspecified atom stereocenters. The van der Waals surface area contributed by atoms with Gasteiger partial charge in [-0.05, 0) is 17.7 Å². The monoisotopic (exact) mass is 344 g/mol. The lowest BCUT2D eigenvalue weighted by Gasteiger charge is -2.13. The second-order valence-electron chi connectivity index (χ2n) is 6.08. The maximum Gasteiger partial charge on any atom is 0.207 e. The topological polar surface area (TPSA) is 81.5 Å². The van der Waals surface area contributed by atoms with Gasteiger partial charge in [-0.2, -0.15) is 0 Å². The number of hydrogen-bond donors (Lipinski definition) is 1. The van der Waals surface area contributed by atoms with Crippen molar-refractivity contribution >= 4 is 17.8 Å². The molecule has 0 fully saturated rings. The molecule has 0 aliphatic carbocycles. The Balaban J connectivity index is 1.87. The van der Waals surface area contributed by atoms with Gasteiger partial charge in [-0.3, -0.25) is 9.39 Å². The number of anilines is 1. The fourth-order valence-corrected chi connectivity index (χ4v) is 3.29. The van der Waals surface area contributed by atoms with Crippen molar-refractivity contribution in [1.29, 1.82) is 0 Å². The van der Waals surface area contributed by atoms with Crippen LogP contribution in [0.5, 0.6) is 0 Å². The summed E-state index contributed by atoms with van der Waals surface area (Å²) in [5.74, 6) is -0.0145. The molecular weight excluding hydrogens is 331 g/mol. The van der Waals surface area contributed by atoms with Gasteiger partial charge in [0, 0.05) is 22.9 Å². The van der Waals surface area contributed by atoms with Gasteiger partial charge in [0.1, 0.15) is 12.1 Å². The summed E-state index contributed by atoms with van der Waals surface area (Å²) in [4.78, 5) is 8.71. The van der Waals surface area contributed by atoms with Crippen LogP contribution in [0, 0.1) is 5.82 Å². The molecule has 1 aliphatic heterocycles. The predicted octanol–water partition coefficient (Wildman–Crippen LogP) is 3.11. The number of benzene rings is 2. The molecule has 6 nitrogen and oxygen atoms in total. The molecule has 0 atom stereocenters. The first-order chi connectivity index (χ1) is 12.7. The van der Waals surface area contributed by atoms with E-state index < -0.39 is 0 Å². The van der Waals surface area contributed by atoms with E-state index in [0.29, 0.717) is 34.6 Å². The van der Waals surface area contributed by atoms with E-state index in [2.05, 4.69) is 20.2 Å². The van der Waals surface area contributed by atoms with Gasteiger partial charge in [-0.25, -0.2) is 9.37 Å². The van der Waals surface area contributed by atoms with Crippen LogP contribution in [0.3, 0.4) is 0 Å². The Labute approximate surface area is 147 Å². The Kier molecular flexibility index (Phi) is 3.08. The zero-order valence-electron chi connectivity index (χ0n) is 13.6. The van der Waals surface area contributed by atoms with Crippen molar-refractivity contribution in [2.24, 2.45) is 4.99 Å². The molecule has 0 saturated carbocycles. The van der Waals surface area contributed by atoms with Gasteiger partial charge in [0.15, 0.2) is 5.65 Å². The van der Waals surface area contributed by atoms with E-state index in [4.69, 9.17) is 5.73 Å². The van der Waals surface area contributed by atoms with Crippen LogP contribution < -0.4 is 5.73 Å². The van der Waals surface area contributed by atoms with Crippen molar-refractivity contribution in [2.75, 3.05) is 5.73 Å². The predicted molar refractivity (Wildman–Crippen MR) is 97.3 cm³/mol. The molecule has 126 valence electrons. The van der Waals surface area contributed by atoms with Gasteiger partial charge in [-0.15, -0.1) is 10.2 Å². The van der Waals surface area contributed by atoms with Crippen LogP contribution in [-0.4, -0.2) is 25.8 Å². The minimum Gasteiger partial charge on any atom is -0.369 e. The lowest BCUT2D eigenvalue weighted by atomic mass is 9.96. The van der Waals surface area contributed by atoms with E-state index >= 15 is 0 Å². The molecule has 4 aromatic rings. The largest absolute Gasteiger partial charge is 0.369 e. The fraction of sp³-hybridized carbons (Fsp3) is 0.0526. The Hall–Kier alpha value is -3.61. The minimum absolute atomic E-state index is 0.274. The van der Waals surface area contributed by atoms with Crippen LogP contribution in [0.1, 0.15) is 11.1 Å². The highest BCUT2D eigenvalue weighted by Gasteiger charge is 2.21. The zero-order chi connectivity index (χ0) is 17.7. The maximum absolute atomic E-state index is 14.6. The Morgan fingerprint density at radius 1 is 1.08 bits per heavy atom. The first-order valence-corrected chi connectivity index (χ1v) is 8.09. The molecule has 2 N–H and O–H groups in total. The number of aromatic nitrogens is 4. The lowest BCUT2D eigenvalue weighted by Crippen LogP contribution is -2.04. The molecule has 0 bridgehead atoms. The first-order valence-electron chi connectivity index (χ1n) is 8.09. The normalized spacial score (nSPS) is 12.7. The number of hydrogen-bond acceptors (Lipinski definition) is 5. The third kappa shape index (κ3) is 2.10. The second kappa shape index (κ2) is 5.45. The van der Waals surface area contributed by atoms with Gasteiger partial charge in [0.05, 0.1) is 17.8 Å². The van der Waals surface area contributed by atoms with Crippen LogP contribution in [0.25, 0.3) is 28.0 Å². The minimum atomic E-state index is -0.288. The highest BCUT2D eigenvalue weighted by atomic mass is 19.1. The summed E-state index contributed by atoms with van der Waals surface area (Å²) in [5.41, 5.74) is 10.9. The number of nitrogen functional groups attached to an aromatic ring is 1. The van der Waals surface area contributed by atoms with Crippen molar-refractivity contribution in [3.63, 3.8) is 0 Å². The average molecular weight is 344 g/mol. The van der Waals surface area contributed by atoms with Crippen molar-refractivity contribution in [3.8, 4) is 22.4 Å². The summed E-state index contributed by atoms with van der Waals surface area (Å²) in [6.07, 6.45) is 3.19. The molecule has 0 radical (unpaired) electrons. The highest BCUT2D eigenvalue weighted by Crippen LogP contribution is 2.36. The third-order valence-corrected chi connectivity index (χ3v) is 4.53. The number of aliphatic imine (C=N–C) groups is 1. The molecule has 26 heavy (non-hydrogen) atoms. The molecule has 0 amide bonds. The van der Waals surface area contributed by atoms with Gasteiger partial charge >= 0.3 is 0 Å². The van der Waals surface area contributed by atoms with E-state index in [1.807, 2.05) is 36.4 Å². The van der Waals surface area contributed by atoms with Crippen LogP contribution >= 0.6 is 0 Å². The quantitative estimate of drug-likeness (QED) is 0.606. The standard InChI is InChI=1S/C19H13FN6/c20-15-7-12(6-13-8-22-9-14(13)15)16-17(11-4-2-1-3-5-11)24-19(21)26-10-23-25-18(16)26/h1-8,10H,9H2,(H2,21,24). The van der Waals surface area contributed by atoms with Gasteiger partial charge in [-0.1, -0.05) is 30.3 Å². The number of fused-ring (bicyclic) bond motifs is 2. The molecule has 0 spiro atoms. The molecular formula is C19H13FN6. The lowest BCUT2D eigenvalue weighted by molar-refractivity contribution is 0.613. The molecule has 2 aromatic heterocycles. The van der Waals surface area contributed by atoms with Crippen molar-refractivity contribution in [3.05, 3.63) is 65.7 Å². The van der Waals surface area contributed by atoms with Crippen molar-refractivity contribution in [1.82, 2.24) is 19.6 Å². The van der Waals surface area contributed by atoms with Crippen LogP contribution in [0.2, 0.25) is 0 Å². The molecule has 7 heteroatoms. The van der Waals surface area contributed by atoms with Crippen LogP contribution in [0.4, 0.5) is 10.3 Å². The Morgan fingerprint density at radius 2 is 1.92 bits per heavy atom. The van der Waals surface area contributed by atoms with E-state index in [1.165, 1.54) is 12.4 Å².